The van der Waals surface area contributed by atoms with Crippen LogP contribution >= 0.6 is 0 Å². The molecule has 1 atom stereocenters. The van der Waals surface area contributed by atoms with Crippen LogP contribution in [0.25, 0.3) is 0 Å². The fraction of sp³-hybridized carbons (Fsp3) is 0.786. The summed E-state index contributed by atoms with van der Waals surface area (Å²) in [4.78, 5) is 0. The molecule has 0 fully saturated rings. The minimum atomic E-state index is 0.246. The molecule has 0 amide bonds. The number of nitrogens with zero attached hydrogens (tertiary/aromatic N) is 2. The highest BCUT2D eigenvalue weighted by Crippen LogP contribution is 2.22. The molecule has 0 spiro atoms. The summed E-state index contributed by atoms with van der Waals surface area (Å²) in [7, 11) is 0. The van der Waals surface area contributed by atoms with E-state index in [2.05, 4.69) is 43.5 Å². The summed E-state index contributed by atoms with van der Waals surface area (Å²) in [6.45, 7) is 11.9. The van der Waals surface area contributed by atoms with Crippen molar-refractivity contribution in [1.29, 1.82) is 0 Å². The van der Waals surface area contributed by atoms with Gasteiger partial charge in [-0.2, -0.15) is 5.10 Å². The first-order valence-corrected chi connectivity index (χ1v) is 6.60. The second kappa shape index (κ2) is 5.67. The van der Waals surface area contributed by atoms with Gasteiger partial charge in [0, 0.05) is 24.7 Å². The Balaban J connectivity index is 2.52. The zero-order valence-corrected chi connectivity index (χ0v) is 12.0. The monoisotopic (exact) mass is 237 g/mol. The van der Waals surface area contributed by atoms with Crippen LogP contribution in [0, 0.1) is 12.3 Å². The Labute approximate surface area is 105 Å². The van der Waals surface area contributed by atoms with Crippen molar-refractivity contribution in [2.45, 2.75) is 66.5 Å². The molecule has 0 radical (unpaired) electrons. The first-order valence-electron chi connectivity index (χ1n) is 6.60. The van der Waals surface area contributed by atoms with Gasteiger partial charge in [0.05, 0.1) is 5.69 Å². The molecule has 1 unspecified atom stereocenters. The van der Waals surface area contributed by atoms with Crippen molar-refractivity contribution in [1.82, 2.24) is 9.78 Å². The van der Waals surface area contributed by atoms with Crippen LogP contribution in [0.1, 0.15) is 51.9 Å². The number of aryl methyl sites for hydroxylation is 2. The van der Waals surface area contributed by atoms with E-state index in [0.717, 1.165) is 25.1 Å². The van der Waals surface area contributed by atoms with Crippen LogP contribution < -0.4 is 5.73 Å². The zero-order chi connectivity index (χ0) is 13.1. The highest BCUT2D eigenvalue weighted by Gasteiger charge is 2.14. The number of rotatable bonds is 5. The molecule has 1 heterocycles. The first-order chi connectivity index (χ1) is 7.81. The smallest absolute Gasteiger partial charge is 0.0596 e. The lowest BCUT2D eigenvalue weighted by atomic mass is 9.88. The molecular weight excluding hydrogens is 210 g/mol. The third-order valence-electron chi connectivity index (χ3n) is 3.02. The van der Waals surface area contributed by atoms with Crippen LogP contribution in [0.2, 0.25) is 0 Å². The van der Waals surface area contributed by atoms with Gasteiger partial charge in [0.15, 0.2) is 0 Å². The SMILES string of the molecule is CCn1nc(C)cc1CC(N)CCC(C)(C)C. The summed E-state index contributed by atoms with van der Waals surface area (Å²) in [6.07, 6.45) is 3.19. The lowest BCUT2D eigenvalue weighted by molar-refractivity contribution is 0.346. The highest BCUT2D eigenvalue weighted by molar-refractivity contribution is 5.10. The average molecular weight is 237 g/mol. The second-order valence-corrected chi connectivity index (χ2v) is 6.16. The number of nitrogens with two attached hydrogens (primary N) is 1. The van der Waals surface area contributed by atoms with Crippen LogP contribution in [0.3, 0.4) is 0 Å². The Morgan fingerprint density at radius 2 is 2.06 bits per heavy atom. The Morgan fingerprint density at radius 1 is 1.41 bits per heavy atom. The predicted octanol–water partition coefficient (Wildman–Crippen LogP) is 2.91. The van der Waals surface area contributed by atoms with Gasteiger partial charge in [-0.15, -0.1) is 0 Å². The van der Waals surface area contributed by atoms with Gasteiger partial charge in [0.25, 0.3) is 0 Å². The van der Waals surface area contributed by atoms with Crippen LogP contribution in [0.4, 0.5) is 0 Å². The van der Waals surface area contributed by atoms with Gasteiger partial charge in [-0.25, -0.2) is 0 Å². The van der Waals surface area contributed by atoms with Crippen molar-refractivity contribution in [2.75, 3.05) is 0 Å². The molecule has 3 heteroatoms. The molecule has 1 aromatic rings. The maximum atomic E-state index is 6.20. The molecule has 0 saturated heterocycles. The van der Waals surface area contributed by atoms with Crippen LogP contribution in [-0.2, 0) is 13.0 Å². The molecule has 0 aliphatic carbocycles. The molecule has 0 aliphatic heterocycles. The molecular formula is C14H27N3. The third-order valence-corrected chi connectivity index (χ3v) is 3.02. The van der Waals surface area contributed by atoms with Gasteiger partial charge < -0.3 is 5.73 Å². The van der Waals surface area contributed by atoms with Crippen molar-refractivity contribution >= 4 is 0 Å². The molecule has 17 heavy (non-hydrogen) atoms. The number of hydrogen-bond donors (Lipinski definition) is 1. The van der Waals surface area contributed by atoms with E-state index in [1.54, 1.807) is 0 Å². The van der Waals surface area contributed by atoms with Gasteiger partial charge >= 0.3 is 0 Å². The minimum Gasteiger partial charge on any atom is -0.327 e. The van der Waals surface area contributed by atoms with Crippen molar-refractivity contribution in [3.05, 3.63) is 17.5 Å². The Kier molecular flexibility index (Phi) is 4.75. The molecule has 3 nitrogen and oxygen atoms in total. The summed E-state index contributed by atoms with van der Waals surface area (Å²) in [5, 5.41) is 4.45. The maximum absolute atomic E-state index is 6.20. The van der Waals surface area contributed by atoms with E-state index in [4.69, 9.17) is 5.73 Å². The van der Waals surface area contributed by atoms with E-state index in [0.29, 0.717) is 5.41 Å². The molecule has 0 saturated carbocycles. The second-order valence-electron chi connectivity index (χ2n) is 6.16. The summed E-state index contributed by atoms with van der Waals surface area (Å²) in [5.41, 5.74) is 8.94. The number of aromatic nitrogens is 2. The van der Waals surface area contributed by atoms with Crippen LogP contribution in [-0.4, -0.2) is 15.8 Å². The van der Waals surface area contributed by atoms with Gasteiger partial charge in [-0.05, 0) is 38.2 Å². The summed E-state index contributed by atoms with van der Waals surface area (Å²) < 4.78 is 2.06. The van der Waals surface area contributed by atoms with Gasteiger partial charge in [0.1, 0.15) is 0 Å². The van der Waals surface area contributed by atoms with Crippen molar-refractivity contribution in [2.24, 2.45) is 11.1 Å². The molecule has 0 bridgehead atoms. The Morgan fingerprint density at radius 3 is 2.59 bits per heavy atom. The van der Waals surface area contributed by atoms with Gasteiger partial charge in [-0.1, -0.05) is 20.8 Å². The van der Waals surface area contributed by atoms with E-state index in [9.17, 15) is 0 Å². The van der Waals surface area contributed by atoms with E-state index >= 15 is 0 Å². The third kappa shape index (κ3) is 4.90. The largest absolute Gasteiger partial charge is 0.327 e. The molecule has 0 aliphatic rings. The molecule has 2 N–H and O–H groups in total. The van der Waals surface area contributed by atoms with Crippen LogP contribution in [0.5, 0.6) is 0 Å². The Bertz CT molecular complexity index is 347. The summed E-state index contributed by atoms with van der Waals surface area (Å²) in [5.74, 6) is 0. The lowest BCUT2D eigenvalue weighted by Crippen LogP contribution is -2.26. The normalized spacial score (nSPS) is 14.0. The molecule has 1 rings (SSSR count). The standard InChI is InChI=1S/C14H27N3/c1-6-17-13(9-11(2)16-17)10-12(15)7-8-14(3,4)5/h9,12H,6-8,10,15H2,1-5H3. The fourth-order valence-corrected chi connectivity index (χ4v) is 2.03. The quantitative estimate of drug-likeness (QED) is 0.855. The van der Waals surface area contributed by atoms with E-state index in [-0.39, 0.29) is 6.04 Å². The number of hydrogen-bond acceptors (Lipinski definition) is 2. The van der Waals surface area contributed by atoms with Gasteiger partial charge in [0.2, 0.25) is 0 Å². The summed E-state index contributed by atoms with van der Waals surface area (Å²) in [6, 6.07) is 2.40. The minimum absolute atomic E-state index is 0.246. The lowest BCUT2D eigenvalue weighted by Gasteiger charge is -2.21. The molecule has 1 aromatic heterocycles. The average Bonchev–Trinajstić information content (AvgIpc) is 2.55. The van der Waals surface area contributed by atoms with Crippen molar-refractivity contribution in [3.8, 4) is 0 Å². The molecule has 98 valence electrons. The zero-order valence-electron chi connectivity index (χ0n) is 12.0. The Hall–Kier alpha value is -0.830. The van der Waals surface area contributed by atoms with Crippen molar-refractivity contribution < 1.29 is 0 Å². The van der Waals surface area contributed by atoms with Crippen molar-refractivity contribution in [3.63, 3.8) is 0 Å². The molecule has 0 aromatic carbocycles. The van der Waals surface area contributed by atoms with E-state index in [1.165, 1.54) is 12.1 Å². The highest BCUT2D eigenvalue weighted by atomic mass is 15.3. The van der Waals surface area contributed by atoms with Crippen LogP contribution in [0.15, 0.2) is 6.07 Å². The predicted molar refractivity (Wildman–Crippen MR) is 73.0 cm³/mol. The van der Waals surface area contributed by atoms with Gasteiger partial charge in [-0.3, -0.25) is 4.68 Å². The maximum Gasteiger partial charge on any atom is 0.0596 e. The fourth-order valence-electron chi connectivity index (χ4n) is 2.03. The summed E-state index contributed by atoms with van der Waals surface area (Å²) >= 11 is 0. The van der Waals surface area contributed by atoms with E-state index < -0.39 is 0 Å². The topological polar surface area (TPSA) is 43.8 Å². The first kappa shape index (κ1) is 14.2. The van der Waals surface area contributed by atoms with E-state index in [1.807, 2.05) is 6.92 Å².